The number of halogens is 1. The van der Waals surface area contributed by atoms with E-state index in [0.29, 0.717) is 12.5 Å². The fourth-order valence-electron chi connectivity index (χ4n) is 1.04. The molecule has 0 saturated heterocycles. The average Bonchev–Trinajstić information content (AvgIpc) is 1.89. The summed E-state index contributed by atoms with van der Waals surface area (Å²) >= 11 is 0. The molecule has 0 heterocycles. The van der Waals surface area contributed by atoms with Gasteiger partial charge in [0.25, 0.3) is 0 Å². The van der Waals surface area contributed by atoms with E-state index in [1.54, 1.807) is 0 Å². The van der Waals surface area contributed by atoms with E-state index in [4.69, 9.17) is 0 Å². The molecule has 0 unspecified atom stereocenters. The van der Waals surface area contributed by atoms with Crippen molar-refractivity contribution in [3.05, 3.63) is 0 Å². The van der Waals surface area contributed by atoms with E-state index >= 15 is 0 Å². The van der Waals surface area contributed by atoms with Crippen molar-refractivity contribution in [2.75, 3.05) is 19.8 Å². The minimum absolute atomic E-state index is 0.191. The molecule has 0 spiro atoms. The second-order valence-corrected chi connectivity index (χ2v) is 2.76. The Balaban J connectivity index is 3.40. The lowest BCUT2D eigenvalue weighted by molar-refractivity contribution is 0.222. The smallest absolute Gasteiger partial charge is 0.0906 e. The van der Waals surface area contributed by atoms with Gasteiger partial charge in [0.2, 0.25) is 0 Å². The molecule has 0 saturated carbocycles. The van der Waals surface area contributed by atoms with Crippen LogP contribution in [0.2, 0.25) is 0 Å². The summed E-state index contributed by atoms with van der Waals surface area (Å²) in [6.45, 7) is 8.12. The van der Waals surface area contributed by atoms with Gasteiger partial charge in [0.15, 0.2) is 0 Å². The summed E-state index contributed by atoms with van der Waals surface area (Å²) < 4.78 is 11.7. The van der Waals surface area contributed by atoms with Gasteiger partial charge in [0.1, 0.15) is 0 Å². The van der Waals surface area contributed by atoms with Crippen LogP contribution in [-0.4, -0.2) is 30.7 Å². The zero-order valence-electron chi connectivity index (χ0n) is 7.23. The van der Waals surface area contributed by atoms with E-state index < -0.39 is 0 Å². The maximum Gasteiger partial charge on any atom is 0.0906 e. The summed E-state index contributed by atoms with van der Waals surface area (Å²) in [6, 6.07) is 0.552. The van der Waals surface area contributed by atoms with Crippen molar-refractivity contribution in [3.63, 3.8) is 0 Å². The summed E-state index contributed by atoms with van der Waals surface area (Å²) in [6.07, 6.45) is 0.673. The number of hydrogen-bond acceptors (Lipinski definition) is 1. The van der Waals surface area contributed by atoms with E-state index in [1.807, 2.05) is 0 Å². The van der Waals surface area contributed by atoms with Crippen LogP contribution >= 0.6 is 0 Å². The molecule has 0 aliphatic rings. The van der Waals surface area contributed by atoms with Crippen molar-refractivity contribution in [1.29, 1.82) is 0 Å². The highest BCUT2D eigenvalue weighted by atomic mass is 19.1. The van der Waals surface area contributed by atoms with Crippen LogP contribution in [-0.2, 0) is 0 Å². The minimum Gasteiger partial charge on any atom is -0.301 e. The first-order valence-electron chi connectivity index (χ1n) is 4.02. The van der Waals surface area contributed by atoms with Crippen molar-refractivity contribution in [2.24, 2.45) is 0 Å². The summed E-state index contributed by atoms with van der Waals surface area (Å²) in [7, 11) is 0. The highest BCUT2D eigenvalue weighted by Gasteiger charge is 2.04. The van der Waals surface area contributed by atoms with Crippen molar-refractivity contribution in [3.8, 4) is 0 Å². The summed E-state index contributed by atoms with van der Waals surface area (Å²) in [5, 5.41) is 0. The van der Waals surface area contributed by atoms with Crippen LogP contribution in [0.15, 0.2) is 0 Å². The molecule has 0 aromatic heterocycles. The monoisotopic (exact) mass is 147 g/mol. The lowest BCUT2D eigenvalue weighted by Gasteiger charge is -2.23. The molecule has 1 nitrogen and oxygen atoms in total. The lowest BCUT2D eigenvalue weighted by atomic mass is 10.3. The molecule has 10 heavy (non-hydrogen) atoms. The summed E-state index contributed by atoms with van der Waals surface area (Å²) in [5.74, 6) is 0. The molecule has 0 aliphatic heterocycles. The zero-order valence-corrected chi connectivity index (χ0v) is 7.23. The predicted octanol–water partition coefficient (Wildman–Crippen LogP) is 2.08. The highest BCUT2D eigenvalue weighted by Crippen LogP contribution is 1.98. The quantitative estimate of drug-likeness (QED) is 0.575. The number of nitrogens with zero attached hydrogens (tertiary/aromatic N) is 1. The fourth-order valence-corrected chi connectivity index (χ4v) is 1.04. The van der Waals surface area contributed by atoms with Crippen molar-refractivity contribution >= 4 is 0 Å². The molecular weight excluding hydrogens is 129 g/mol. The van der Waals surface area contributed by atoms with E-state index in [2.05, 4.69) is 25.7 Å². The van der Waals surface area contributed by atoms with Crippen LogP contribution in [0.3, 0.4) is 0 Å². The number of hydrogen-bond donors (Lipinski definition) is 0. The topological polar surface area (TPSA) is 3.24 Å². The molecule has 0 N–H and O–H groups in total. The molecule has 0 fully saturated rings. The van der Waals surface area contributed by atoms with Crippen LogP contribution in [0.1, 0.15) is 27.2 Å². The lowest BCUT2D eigenvalue weighted by Crippen LogP contribution is -2.31. The first-order chi connectivity index (χ1) is 4.72. The van der Waals surface area contributed by atoms with Gasteiger partial charge in [-0.05, 0) is 26.8 Å². The van der Waals surface area contributed by atoms with Crippen LogP contribution in [0.5, 0.6) is 0 Å². The maximum absolute atomic E-state index is 11.7. The van der Waals surface area contributed by atoms with Crippen molar-refractivity contribution in [2.45, 2.75) is 33.2 Å². The molecular formula is C8H18FN. The van der Waals surface area contributed by atoms with E-state index in [1.165, 1.54) is 0 Å². The van der Waals surface area contributed by atoms with Gasteiger partial charge in [-0.25, -0.2) is 0 Å². The Morgan fingerprint density at radius 1 is 1.40 bits per heavy atom. The Hall–Kier alpha value is -0.110. The first-order valence-corrected chi connectivity index (χ1v) is 4.02. The summed E-state index contributed by atoms with van der Waals surface area (Å²) in [4.78, 5) is 2.26. The molecule has 0 aliphatic carbocycles. The largest absolute Gasteiger partial charge is 0.301 e. The normalized spacial score (nSPS) is 11.4. The molecule has 0 amide bonds. The van der Waals surface area contributed by atoms with Gasteiger partial charge < -0.3 is 4.90 Å². The van der Waals surface area contributed by atoms with Crippen molar-refractivity contribution in [1.82, 2.24) is 4.90 Å². The molecule has 0 radical (unpaired) electrons. The first kappa shape index (κ1) is 9.89. The Morgan fingerprint density at radius 2 is 2.00 bits per heavy atom. The van der Waals surface area contributed by atoms with Gasteiger partial charge in [-0.15, -0.1) is 0 Å². The van der Waals surface area contributed by atoms with Gasteiger partial charge in [-0.2, -0.15) is 0 Å². The predicted molar refractivity (Wildman–Crippen MR) is 43.0 cm³/mol. The maximum atomic E-state index is 11.7. The molecule has 0 aromatic rings. The minimum atomic E-state index is -0.191. The third kappa shape index (κ3) is 3.83. The van der Waals surface area contributed by atoms with E-state index in [0.717, 1.165) is 13.1 Å². The number of rotatable bonds is 5. The molecule has 0 aromatic carbocycles. The zero-order chi connectivity index (χ0) is 7.98. The Kier molecular flexibility index (Phi) is 5.60. The molecule has 0 atom stereocenters. The van der Waals surface area contributed by atoms with Crippen molar-refractivity contribution < 1.29 is 4.39 Å². The van der Waals surface area contributed by atoms with Gasteiger partial charge >= 0.3 is 0 Å². The standard InChI is InChI=1S/C8H18FN/c1-4-10(8(2)3)7-5-6-9/h8H,4-7H2,1-3H3. The Bertz CT molecular complexity index is 73.7. The van der Waals surface area contributed by atoms with Crippen LogP contribution in [0.4, 0.5) is 4.39 Å². The fraction of sp³-hybridized carbons (Fsp3) is 1.00. The molecule has 0 rings (SSSR count). The summed E-state index contributed by atoms with van der Waals surface area (Å²) in [5.41, 5.74) is 0. The van der Waals surface area contributed by atoms with Crippen LogP contribution < -0.4 is 0 Å². The highest BCUT2D eigenvalue weighted by molar-refractivity contribution is 4.59. The van der Waals surface area contributed by atoms with E-state index in [-0.39, 0.29) is 6.67 Å². The van der Waals surface area contributed by atoms with Gasteiger partial charge in [0.05, 0.1) is 6.67 Å². The third-order valence-corrected chi connectivity index (χ3v) is 1.72. The van der Waals surface area contributed by atoms with Gasteiger partial charge in [0, 0.05) is 12.6 Å². The Morgan fingerprint density at radius 3 is 2.30 bits per heavy atom. The molecule has 0 bridgehead atoms. The Labute approximate surface area is 63.2 Å². The van der Waals surface area contributed by atoms with Gasteiger partial charge in [-0.3, -0.25) is 4.39 Å². The average molecular weight is 147 g/mol. The second-order valence-electron chi connectivity index (χ2n) is 2.76. The van der Waals surface area contributed by atoms with Crippen LogP contribution in [0, 0.1) is 0 Å². The molecule has 2 heteroatoms. The second kappa shape index (κ2) is 5.66. The van der Waals surface area contributed by atoms with E-state index in [9.17, 15) is 4.39 Å². The van der Waals surface area contributed by atoms with Crippen LogP contribution in [0.25, 0.3) is 0 Å². The molecule has 62 valence electrons. The third-order valence-electron chi connectivity index (χ3n) is 1.72. The number of alkyl halides is 1. The SMILES string of the molecule is CCN(CCCF)C(C)C. The van der Waals surface area contributed by atoms with Gasteiger partial charge in [-0.1, -0.05) is 6.92 Å².